The molecule has 0 rings (SSSR count). The molecule has 5 N–H and O–H groups in total. The third-order valence-corrected chi connectivity index (χ3v) is 6.50. The molecule has 0 spiro atoms. The van der Waals surface area contributed by atoms with Crippen LogP contribution in [-0.4, -0.2) is 164 Å². The van der Waals surface area contributed by atoms with Crippen LogP contribution in [0.4, 0.5) is 0 Å². The van der Waals surface area contributed by atoms with Crippen molar-refractivity contribution in [2.24, 2.45) is 0 Å². The number of ketones is 1. The average Bonchev–Trinajstić information content (AvgIpc) is 2.95. The summed E-state index contributed by atoms with van der Waals surface area (Å²) >= 11 is 0. The Labute approximate surface area is 259 Å². The van der Waals surface area contributed by atoms with Crippen molar-refractivity contribution in [3.8, 4) is 0 Å². The van der Waals surface area contributed by atoms with Gasteiger partial charge in [-0.2, -0.15) is 0 Å². The lowest BCUT2D eigenvalue weighted by molar-refractivity contribution is -0.138. The average molecular weight is 634 g/mol. The van der Waals surface area contributed by atoms with E-state index in [1.807, 2.05) is 9.80 Å². The number of methoxy groups -OCH3 is 1. The molecule has 0 saturated carbocycles. The number of ether oxygens (including phenoxy) is 2. The van der Waals surface area contributed by atoms with E-state index in [0.717, 1.165) is 0 Å². The molecule has 0 aromatic heterocycles. The van der Waals surface area contributed by atoms with Crippen molar-refractivity contribution in [2.45, 2.75) is 45.4 Å². The first-order valence-electron chi connectivity index (χ1n) is 14.8. The summed E-state index contributed by atoms with van der Waals surface area (Å²) in [6, 6.07) is 0. The van der Waals surface area contributed by atoms with Gasteiger partial charge in [-0.3, -0.25) is 28.8 Å². The van der Waals surface area contributed by atoms with E-state index in [1.54, 1.807) is 12.0 Å². The minimum absolute atomic E-state index is 0.00258. The third kappa shape index (κ3) is 26.4. The number of hydrogen-bond donors (Lipinski definition) is 5. The van der Waals surface area contributed by atoms with Crippen LogP contribution in [0.1, 0.15) is 45.4 Å². The van der Waals surface area contributed by atoms with Crippen LogP contribution in [-0.2, 0) is 38.2 Å². The predicted octanol–water partition coefficient (Wildman–Crippen LogP) is -1.03. The summed E-state index contributed by atoms with van der Waals surface area (Å²) in [7, 11) is 1.57. The Kier molecular flexibility index (Phi) is 24.3. The third-order valence-electron chi connectivity index (χ3n) is 6.50. The molecule has 0 aliphatic heterocycles. The largest absolute Gasteiger partial charge is 0.481 e. The number of amides is 2. The maximum absolute atomic E-state index is 12.5. The van der Waals surface area contributed by atoms with Gasteiger partial charge in [-0.05, 0) is 6.92 Å². The molecule has 0 fully saturated rings. The molecule has 0 aliphatic rings. The Balaban J connectivity index is 4.72. The van der Waals surface area contributed by atoms with Crippen LogP contribution < -0.4 is 10.6 Å². The van der Waals surface area contributed by atoms with Gasteiger partial charge in [0.1, 0.15) is 5.78 Å². The van der Waals surface area contributed by atoms with Crippen LogP contribution in [0.2, 0.25) is 0 Å². The van der Waals surface area contributed by atoms with E-state index in [-0.39, 0.29) is 75.9 Å². The van der Waals surface area contributed by atoms with Crippen LogP contribution in [0, 0.1) is 0 Å². The van der Waals surface area contributed by atoms with Gasteiger partial charge < -0.3 is 50.1 Å². The SMILES string of the molecule is COCCOCCN(CCC(=O)NCCN(CCC(C)=O)CCC(=O)O)CCC(=O)NCCN(CCC(=O)O)CCC(=O)O. The van der Waals surface area contributed by atoms with Crippen molar-refractivity contribution < 1.29 is 53.6 Å². The smallest absolute Gasteiger partial charge is 0.304 e. The zero-order chi connectivity index (χ0) is 33.2. The van der Waals surface area contributed by atoms with Crippen molar-refractivity contribution in [2.75, 3.05) is 98.9 Å². The van der Waals surface area contributed by atoms with Crippen LogP contribution in [0.25, 0.3) is 0 Å². The second-order valence-electron chi connectivity index (χ2n) is 10.2. The lowest BCUT2D eigenvalue weighted by Crippen LogP contribution is -2.40. The first kappa shape index (κ1) is 40.8. The van der Waals surface area contributed by atoms with Crippen molar-refractivity contribution >= 4 is 35.5 Å². The summed E-state index contributed by atoms with van der Waals surface area (Å²) in [6.45, 7) is 6.22. The highest BCUT2D eigenvalue weighted by Gasteiger charge is 2.14. The number of carbonyl (C=O) groups excluding carboxylic acids is 3. The van der Waals surface area contributed by atoms with Gasteiger partial charge in [-0.15, -0.1) is 0 Å². The van der Waals surface area contributed by atoms with E-state index < -0.39 is 17.9 Å². The molecule has 0 bridgehead atoms. The van der Waals surface area contributed by atoms with Crippen molar-refractivity contribution in [1.29, 1.82) is 0 Å². The van der Waals surface area contributed by atoms with E-state index in [4.69, 9.17) is 24.8 Å². The van der Waals surface area contributed by atoms with E-state index in [2.05, 4.69) is 10.6 Å². The molecule has 16 heteroatoms. The number of hydrogen-bond acceptors (Lipinski definition) is 11. The first-order chi connectivity index (χ1) is 20.9. The summed E-state index contributed by atoms with van der Waals surface area (Å²) in [5.74, 6) is -3.35. The van der Waals surface area contributed by atoms with Crippen molar-refractivity contribution in [3.63, 3.8) is 0 Å². The molecule has 0 aromatic carbocycles. The Morgan fingerprint density at radius 1 is 0.523 bits per heavy atom. The van der Waals surface area contributed by atoms with E-state index >= 15 is 0 Å². The zero-order valence-corrected chi connectivity index (χ0v) is 26.1. The highest BCUT2D eigenvalue weighted by Crippen LogP contribution is 1.99. The minimum atomic E-state index is -0.989. The van der Waals surface area contributed by atoms with E-state index in [0.29, 0.717) is 72.1 Å². The lowest BCUT2D eigenvalue weighted by atomic mass is 10.2. The summed E-state index contributed by atoms with van der Waals surface area (Å²) < 4.78 is 10.5. The molecule has 0 radical (unpaired) electrons. The van der Waals surface area contributed by atoms with Crippen LogP contribution >= 0.6 is 0 Å². The van der Waals surface area contributed by atoms with Gasteiger partial charge in [-0.1, -0.05) is 0 Å². The minimum Gasteiger partial charge on any atom is -0.481 e. The van der Waals surface area contributed by atoms with Crippen LogP contribution in [0.3, 0.4) is 0 Å². The molecule has 0 aromatic rings. The summed E-state index contributed by atoms with van der Waals surface area (Å²) in [5, 5.41) is 32.4. The van der Waals surface area contributed by atoms with Gasteiger partial charge in [0.05, 0.1) is 39.1 Å². The summed E-state index contributed by atoms with van der Waals surface area (Å²) in [4.78, 5) is 74.4. The zero-order valence-electron chi connectivity index (χ0n) is 26.1. The predicted molar refractivity (Wildman–Crippen MR) is 159 cm³/mol. The fourth-order valence-electron chi connectivity index (χ4n) is 3.92. The number of nitrogens with one attached hydrogen (secondary N) is 2. The van der Waals surface area contributed by atoms with Crippen molar-refractivity contribution in [3.05, 3.63) is 0 Å². The van der Waals surface area contributed by atoms with Gasteiger partial charge in [0.15, 0.2) is 0 Å². The fraction of sp³-hybridized carbons (Fsp3) is 0.786. The monoisotopic (exact) mass is 633 g/mol. The van der Waals surface area contributed by atoms with Crippen molar-refractivity contribution in [1.82, 2.24) is 25.3 Å². The number of Topliss-reactive ketones (excluding diaryl/α,β-unsaturated/α-hetero) is 1. The molecule has 0 saturated heterocycles. The molecule has 0 heterocycles. The van der Waals surface area contributed by atoms with Crippen LogP contribution in [0.5, 0.6) is 0 Å². The van der Waals surface area contributed by atoms with Gasteiger partial charge in [0, 0.05) is 98.4 Å². The van der Waals surface area contributed by atoms with Gasteiger partial charge in [0.25, 0.3) is 0 Å². The quantitative estimate of drug-likeness (QED) is 0.0598. The van der Waals surface area contributed by atoms with Gasteiger partial charge in [0.2, 0.25) is 11.8 Å². The number of carbonyl (C=O) groups is 6. The highest BCUT2D eigenvalue weighted by atomic mass is 16.5. The Hall–Kier alpha value is -3.18. The molecule has 0 unspecified atom stereocenters. The molecule has 0 atom stereocenters. The molecule has 254 valence electrons. The van der Waals surface area contributed by atoms with E-state index in [9.17, 15) is 28.8 Å². The standard InChI is InChI=1S/C28H51N5O11/c1-23(34)3-11-31(14-6-26(37)38)17-9-29-24(35)4-12-33(19-20-44-22-21-43-2)13-5-25(36)30-10-18-32(15-7-27(39)40)16-8-28(41)42/h3-22H2,1-2H3,(H,29,35)(H,30,36)(H,37,38)(H,39,40)(H,41,42). The number of carboxylic acid groups (broad SMARTS) is 3. The number of aliphatic carboxylic acids is 3. The Bertz CT molecular complexity index is 777. The molecule has 16 nitrogen and oxygen atoms in total. The molecule has 2 amide bonds. The lowest BCUT2D eigenvalue weighted by Gasteiger charge is -2.23. The molecular weight excluding hydrogens is 582 g/mol. The number of nitrogens with zero attached hydrogens (tertiary/aromatic N) is 3. The fourth-order valence-corrected chi connectivity index (χ4v) is 3.92. The summed E-state index contributed by atoms with van der Waals surface area (Å²) in [6.07, 6.45) is 0.296. The number of carboxylic acids is 3. The van der Waals surface area contributed by atoms with E-state index in [1.165, 1.54) is 6.92 Å². The highest BCUT2D eigenvalue weighted by molar-refractivity contribution is 5.77. The van der Waals surface area contributed by atoms with Crippen LogP contribution in [0.15, 0.2) is 0 Å². The Morgan fingerprint density at radius 2 is 0.909 bits per heavy atom. The molecule has 0 aliphatic carbocycles. The maximum atomic E-state index is 12.5. The molecule has 44 heavy (non-hydrogen) atoms. The summed E-state index contributed by atoms with van der Waals surface area (Å²) in [5.41, 5.74) is 0. The topological polar surface area (TPSA) is 215 Å². The number of rotatable bonds is 30. The maximum Gasteiger partial charge on any atom is 0.304 e. The Morgan fingerprint density at radius 3 is 1.30 bits per heavy atom. The first-order valence-corrected chi connectivity index (χ1v) is 14.8. The van der Waals surface area contributed by atoms with Gasteiger partial charge >= 0.3 is 17.9 Å². The molecular formula is C28H51N5O11. The van der Waals surface area contributed by atoms with Gasteiger partial charge in [-0.25, -0.2) is 0 Å². The second kappa shape index (κ2) is 26.2. The second-order valence-corrected chi connectivity index (χ2v) is 10.2. The normalized spacial score (nSPS) is 11.2.